The maximum Gasteiger partial charge on any atom is 0.344 e. The summed E-state index contributed by atoms with van der Waals surface area (Å²) in [5, 5.41) is 0. The van der Waals surface area contributed by atoms with E-state index in [0.29, 0.717) is 37.7 Å². The number of nitrogens with zero attached hydrogens (tertiary/aromatic N) is 2. The third-order valence-electron chi connectivity index (χ3n) is 5.79. The first-order chi connectivity index (χ1) is 18.4. The quantitative estimate of drug-likeness (QED) is 0.387. The first-order valence-electron chi connectivity index (χ1n) is 12.1. The van der Waals surface area contributed by atoms with E-state index in [4.69, 9.17) is 18.9 Å². The van der Waals surface area contributed by atoms with Gasteiger partial charge in [0.15, 0.2) is 11.4 Å². The Bertz CT molecular complexity index is 1550. The Labute approximate surface area is 223 Å². The zero-order chi connectivity index (χ0) is 27.2. The number of aromatic nitrogens is 1. The molecule has 0 saturated heterocycles. The second kappa shape index (κ2) is 11.9. The molecule has 1 aliphatic rings. The van der Waals surface area contributed by atoms with Crippen LogP contribution in [-0.2, 0) is 19.1 Å². The van der Waals surface area contributed by atoms with Crippen molar-refractivity contribution in [2.24, 2.45) is 4.99 Å². The zero-order valence-corrected chi connectivity index (χ0v) is 22.4. The molecule has 0 aliphatic carbocycles. The third kappa shape index (κ3) is 5.55. The monoisotopic (exact) mass is 536 g/mol. The van der Waals surface area contributed by atoms with E-state index in [9.17, 15) is 14.4 Å². The van der Waals surface area contributed by atoms with E-state index >= 15 is 0 Å². The van der Waals surface area contributed by atoms with Crippen molar-refractivity contribution in [2.75, 3.05) is 26.9 Å². The summed E-state index contributed by atoms with van der Waals surface area (Å²) in [5.74, 6) is 0.0710. The lowest BCUT2D eigenvalue weighted by Crippen LogP contribution is -2.40. The highest BCUT2D eigenvalue weighted by Crippen LogP contribution is 2.35. The minimum absolute atomic E-state index is 0.184. The number of thiazole rings is 1. The summed E-state index contributed by atoms with van der Waals surface area (Å²) in [5.41, 5.74) is 1.90. The second-order valence-corrected chi connectivity index (χ2v) is 9.22. The van der Waals surface area contributed by atoms with Gasteiger partial charge in [-0.3, -0.25) is 9.36 Å². The molecule has 1 aromatic heterocycles. The number of benzene rings is 2. The Hall–Kier alpha value is -4.18. The van der Waals surface area contributed by atoms with E-state index in [1.165, 1.54) is 15.9 Å². The van der Waals surface area contributed by atoms with Gasteiger partial charge in [-0.1, -0.05) is 41.7 Å². The maximum absolute atomic E-state index is 13.7. The largest absolute Gasteiger partial charge is 0.496 e. The van der Waals surface area contributed by atoms with Crippen LogP contribution < -0.4 is 24.4 Å². The molecule has 3 aromatic rings. The molecule has 0 unspecified atom stereocenters. The number of para-hydroxylation sites is 1. The van der Waals surface area contributed by atoms with Gasteiger partial charge in [-0.15, -0.1) is 0 Å². The lowest BCUT2D eigenvalue weighted by molar-refractivity contribution is -0.145. The molecule has 0 amide bonds. The standard InChI is InChI=1S/C28H28N2O7S/c1-5-35-23(31)16-37-19-13-11-18(12-14-19)15-22-26(32)30-25(20-9-7-8-10-21(20)34-4)24(27(33)36-6-2)17(3)29-28(30)38-22/h7-15,25H,5-6,16H2,1-4H3/b22-15-/t25-/m1/s1. The SMILES string of the molecule is CCOC(=O)COc1ccc(/C=c2\sc3n(c2=O)[C@H](c2ccccc2OC)C(C(=O)OCC)=C(C)N=3)cc1. The Morgan fingerprint density at radius 3 is 2.45 bits per heavy atom. The summed E-state index contributed by atoms with van der Waals surface area (Å²) < 4.78 is 23.2. The molecular weight excluding hydrogens is 508 g/mol. The van der Waals surface area contributed by atoms with Crippen LogP contribution in [0.3, 0.4) is 0 Å². The fourth-order valence-electron chi connectivity index (χ4n) is 4.13. The van der Waals surface area contributed by atoms with Gasteiger partial charge in [-0.05, 0) is 50.6 Å². The van der Waals surface area contributed by atoms with Gasteiger partial charge in [0.2, 0.25) is 0 Å². The van der Waals surface area contributed by atoms with Crippen LogP contribution in [0.5, 0.6) is 11.5 Å². The number of fused-ring (bicyclic) bond motifs is 1. The predicted octanol–water partition coefficient (Wildman–Crippen LogP) is 2.75. The van der Waals surface area contributed by atoms with E-state index in [-0.39, 0.29) is 25.4 Å². The Morgan fingerprint density at radius 1 is 1.05 bits per heavy atom. The first-order valence-corrected chi connectivity index (χ1v) is 12.9. The van der Waals surface area contributed by atoms with Crippen molar-refractivity contribution in [2.45, 2.75) is 26.8 Å². The number of allylic oxidation sites excluding steroid dienone is 1. The van der Waals surface area contributed by atoms with Gasteiger partial charge in [0.25, 0.3) is 5.56 Å². The fraction of sp³-hybridized carbons (Fsp3) is 0.286. The molecule has 198 valence electrons. The molecular formula is C28H28N2O7S. The van der Waals surface area contributed by atoms with Gasteiger partial charge < -0.3 is 18.9 Å². The minimum Gasteiger partial charge on any atom is -0.496 e. The average Bonchev–Trinajstić information content (AvgIpc) is 3.21. The van der Waals surface area contributed by atoms with Crippen molar-refractivity contribution in [1.82, 2.24) is 4.57 Å². The summed E-state index contributed by atoms with van der Waals surface area (Å²) in [7, 11) is 1.54. The van der Waals surface area contributed by atoms with Gasteiger partial charge in [0.1, 0.15) is 17.5 Å². The van der Waals surface area contributed by atoms with Crippen LogP contribution in [0.25, 0.3) is 6.08 Å². The molecule has 38 heavy (non-hydrogen) atoms. The van der Waals surface area contributed by atoms with Crippen LogP contribution in [0.2, 0.25) is 0 Å². The molecule has 0 radical (unpaired) electrons. The molecule has 0 saturated carbocycles. The lowest BCUT2D eigenvalue weighted by Gasteiger charge is -2.25. The fourth-order valence-corrected chi connectivity index (χ4v) is 5.18. The molecule has 2 aromatic carbocycles. The molecule has 0 N–H and O–H groups in total. The number of hydrogen-bond acceptors (Lipinski definition) is 9. The molecule has 0 fully saturated rings. The van der Waals surface area contributed by atoms with Crippen LogP contribution in [0.1, 0.15) is 37.9 Å². The van der Waals surface area contributed by atoms with E-state index < -0.39 is 18.0 Å². The Kier molecular flexibility index (Phi) is 8.42. The van der Waals surface area contributed by atoms with E-state index in [0.717, 1.165) is 5.56 Å². The van der Waals surface area contributed by atoms with Crippen molar-refractivity contribution in [3.8, 4) is 11.5 Å². The number of carbonyl (C=O) groups excluding carboxylic acids is 2. The number of ether oxygens (including phenoxy) is 4. The molecule has 1 aliphatic heterocycles. The first kappa shape index (κ1) is 26.9. The molecule has 4 rings (SSSR count). The highest BCUT2D eigenvalue weighted by molar-refractivity contribution is 7.07. The summed E-state index contributed by atoms with van der Waals surface area (Å²) in [6.45, 7) is 5.50. The van der Waals surface area contributed by atoms with Crippen molar-refractivity contribution >= 4 is 29.4 Å². The van der Waals surface area contributed by atoms with Crippen LogP contribution in [0, 0.1) is 0 Å². The van der Waals surface area contributed by atoms with Gasteiger partial charge in [0.05, 0.1) is 36.1 Å². The van der Waals surface area contributed by atoms with E-state index in [1.807, 2.05) is 18.2 Å². The van der Waals surface area contributed by atoms with Crippen molar-refractivity contribution < 1.29 is 28.5 Å². The van der Waals surface area contributed by atoms with Crippen LogP contribution in [-0.4, -0.2) is 43.4 Å². The maximum atomic E-state index is 13.7. The van der Waals surface area contributed by atoms with Gasteiger partial charge in [0, 0.05) is 5.56 Å². The second-order valence-electron chi connectivity index (χ2n) is 8.21. The minimum atomic E-state index is -0.762. The average molecular weight is 537 g/mol. The number of hydrogen-bond donors (Lipinski definition) is 0. The lowest BCUT2D eigenvalue weighted by atomic mass is 9.95. The Morgan fingerprint density at radius 2 is 1.76 bits per heavy atom. The van der Waals surface area contributed by atoms with Gasteiger partial charge >= 0.3 is 11.9 Å². The predicted molar refractivity (Wildman–Crippen MR) is 142 cm³/mol. The number of methoxy groups -OCH3 is 1. The molecule has 9 nitrogen and oxygen atoms in total. The molecule has 1 atom stereocenters. The van der Waals surface area contributed by atoms with E-state index in [2.05, 4.69) is 4.99 Å². The normalized spacial score (nSPS) is 14.9. The zero-order valence-electron chi connectivity index (χ0n) is 21.6. The smallest absolute Gasteiger partial charge is 0.344 e. The summed E-state index contributed by atoms with van der Waals surface area (Å²) in [4.78, 5) is 43.3. The van der Waals surface area contributed by atoms with Crippen LogP contribution in [0.15, 0.2) is 69.6 Å². The van der Waals surface area contributed by atoms with Crippen molar-refractivity contribution in [1.29, 1.82) is 0 Å². The van der Waals surface area contributed by atoms with Gasteiger partial charge in [-0.25, -0.2) is 14.6 Å². The molecule has 0 bridgehead atoms. The van der Waals surface area contributed by atoms with Crippen molar-refractivity contribution in [3.05, 3.63) is 90.6 Å². The van der Waals surface area contributed by atoms with E-state index in [1.54, 1.807) is 64.3 Å². The number of carbonyl (C=O) groups is 2. The molecule has 0 spiro atoms. The number of esters is 2. The summed E-state index contributed by atoms with van der Waals surface area (Å²) in [6.07, 6.45) is 1.75. The Balaban J connectivity index is 1.77. The molecule has 2 heterocycles. The highest BCUT2D eigenvalue weighted by Gasteiger charge is 2.34. The molecule has 10 heteroatoms. The van der Waals surface area contributed by atoms with Crippen LogP contribution in [0.4, 0.5) is 0 Å². The summed E-state index contributed by atoms with van der Waals surface area (Å²) >= 11 is 1.23. The number of rotatable bonds is 9. The highest BCUT2D eigenvalue weighted by atomic mass is 32.1. The topological polar surface area (TPSA) is 105 Å². The van der Waals surface area contributed by atoms with Gasteiger partial charge in [-0.2, -0.15) is 0 Å². The van der Waals surface area contributed by atoms with Crippen LogP contribution >= 0.6 is 11.3 Å². The van der Waals surface area contributed by atoms with Crippen molar-refractivity contribution in [3.63, 3.8) is 0 Å². The third-order valence-corrected chi connectivity index (χ3v) is 6.77. The summed E-state index contributed by atoms with van der Waals surface area (Å²) in [6, 6.07) is 13.5.